The summed E-state index contributed by atoms with van der Waals surface area (Å²) in [6, 6.07) is 38.3. The van der Waals surface area contributed by atoms with Crippen LogP contribution in [-0.4, -0.2) is 0 Å². The minimum absolute atomic E-state index is 0.735. The van der Waals surface area contributed by atoms with Crippen LogP contribution < -0.4 is 0 Å². The summed E-state index contributed by atoms with van der Waals surface area (Å²) in [7, 11) is 0. The van der Waals surface area contributed by atoms with Crippen LogP contribution in [0.3, 0.4) is 0 Å². The quantitative estimate of drug-likeness (QED) is 0.238. The molecule has 2 heterocycles. The SMILES string of the molecule is Cc1ccc(-c2cc(-c3ccc(C)cc3)c(-c3oc(-c4ccc(C)cc4)cc3-c3ccc(C)cc3)o2)cc1. The molecule has 4 aromatic carbocycles. The molecule has 0 radical (unpaired) electrons. The van der Waals surface area contributed by atoms with Crippen LogP contribution in [0.15, 0.2) is 118 Å². The van der Waals surface area contributed by atoms with E-state index >= 15 is 0 Å². The summed E-state index contributed by atoms with van der Waals surface area (Å²) < 4.78 is 13.3. The van der Waals surface area contributed by atoms with Gasteiger partial charge < -0.3 is 8.83 Å². The molecule has 2 nitrogen and oxygen atoms in total. The van der Waals surface area contributed by atoms with Crippen molar-refractivity contribution in [2.24, 2.45) is 0 Å². The second-order valence-electron chi connectivity index (χ2n) is 10.2. The van der Waals surface area contributed by atoms with E-state index in [1.165, 1.54) is 22.3 Å². The number of hydrogen-bond donors (Lipinski definition) is 0. The van der Waals surface area contributed by atoms with Crippen LogP contribution in [0.25, 0.3) is 56.4 Å². The van der Waals surface area contributed by atoms with E-state index in [0.717, 1.165) is 56.4 Å². The van der Waals surface area contributed by atoms with Gasteiger partial charge in [-0.25, -0.2) is 0 Å². The predicted octanol–water partition coefficient (Wildman–Crippen LogP) is 10.4. The highest BCUT2D eigenvalue weighted by molar-refractivity contribution is 5.90. The molecular formula is C36H30O2. The normalized spacial score (nSPS) is 11.2. The van der Waals surface area contributed by atoms with E-state index in [9.17, 15) is 0 Å². The maximum absolute atomic E-state index is 6.67. The lowest BCUT2D eigenvalue weighted by Gasteiger charge is -2.05. The molecular weight excluding hydrogens is 464 g/mol. The van der Waals surface area contributed by atoms with Gasteiger partial charge in [-0.2, -0.15) is 0 Å². The molecule has 0 amide bonds. The van der Waals surface area contributed by atoms with Crippen LogP contribution in [0.2, 0.25) is 0 Å². The molecule has 0 aliphatic rings. The molecule has 0 unspecified atom stereocenters. The van der Waals surface area contributed by atoms with Crippen molar-refractivity contribution in [3.05, 3.63) is 131 Å². The van der Waals surface area contributed by atoms with E-state index in [1.54, 1.807) is 0 Å². The minimum Gasteiger partial charge on any atom is -0.452 e. The van der Waals surface area contributed by atoms with Crippen molar-refractivity contribution in [2.45, 2.75) is 27.7 Å². The third-order valence-corrected chi connectivity index (χ3v) is 7.07. The molecule has 0 spiro atoms. The van der Waals surface area contributed by atoms with Gasteiger partial charge in [0.1, 0.15) is 11.5 Å². The molecule has 186 valence electrons. The van der Waals surface area contributed by atoms with Gasteiger partial charge in [0.25, 0.3) is 0 Å². The Morgan fingerprint density at radius 3 is 0.895 bits per heavy atom. The van der Waals surface area contributed by atoms with Gasteiger partial charge in [0, 0.05) is 22.3 Å². The molecule has 2 heteroatoms. The number of hydrogen-bond acceptors (Lipinski definition) is 2. The maximum atomic E-state index is 6.67. The first-order valence-electron chi connectivity index (χ1n) is 13.0. The first-order chi connectivity index (χ1) is 18.4. The van der Waals surface area contributed by atoms with Gasteiger partial charge in [0.15, 0.2) is 11.5 Å². The largest absolute Gasteiger partial charge is 0.452 e. The molecule has 0 saturated carbocycles. The summed E-state index contributed by atoms with van der Waals surface area (Å²) >= 11 is 0. The molecule has 0 aliphatic carbocycles. The van der Waals surface area contributed by atoms with E-state index in [0.29, 0.717) is 0 Å². The first-order valence-corrected chi connectivity index (χ1v) is 13.0. The molecule has 0 atom stereocenters. The van der Waals surface area contributed by atoms with Gasteiger partial charge in [0.2, 0.25) is 0 Å². The van der Waals surface area contributed by atoms with Crippen molar-refractivity contribution in [2.75, 3.05) is 0 Å². The third kappa shape index (κ3) is 4.62. The molecule has 38 heavy (non-hydrogen) atoms. The molecule has 0 aliphatic heterocycles. The summed E-state index contributed by atoms with van der Waals surface area (Å²) in [5, 5.41) is 0. The Labute approximate surface area is 224 Å². The fraction of sp³-hybridized carbons (Fsp3) is 0.111. The average Bonchev–Trinajstić information content (AvgIpc) is 3.56. The van der Waals surface area contributed by atoms with E-state index in [2.05, 4.69) is 137 Å². The smallest absolute Gasteiger partial charge is 0.178 e. The van der Waals surface area contributed by atoms with Gasteiger partial charge in [-0.1, -0.05) is 119 Å². The monoisotopic (exact) mass is 494 g/mol. The Morgan fingerprint density at radius 2 is 0.605 bits per heavy atom. The highest BCUT2D eigenvalue weighted by Crippen LogP contribution is 2.45. The fourth-order valence-corrected chi connectivity index (χ4v) is 4.73. The lowest BCUT2D eigenvalue weighted by atomic mass is 9.98. The van der Waals surface area contributed by atoms with Crippen LogP contribution in [0.1, 0.15) is 22.3 Å². The van der Waals surface area contributed by atoms with Crippen molar-refractivity contribution in [3.63, 3.8) is 0 Å². The van der Waals surface area contributed by atoms with E-state index in [1.807, 2.05) is 0 Å². The predicted molar refractivity (Wildman–Crippen MR) is 157 cm³/mol. The number of furan rings is 2. The Bertz CT molecular complexity index is 1560. The summed E-state index contributed by atoms with van der Waals surface area (Å²) in [4.78, 5) is 0. The van der Waals surface area contributed by atoms with Gasteiger partial charge in [-0.05, 0) is 51.0 Å². The number of aryl methyl sites for hydroxylation is 4. The second kappa shape index (κ2) is 9.72. The van der Waals surface area contributed by atoms with Crippen molar-refractivity contribution >= 4 is 0 Å². The Kier molecular flexibility index (Phi) is 6.09. The van der Waals surface area contributed by atoms with Gasteiger partial charge in [-0.3, -0.25) is 0 Å². The van der Waals surface area contributed by atoms with E-state index in [-0.39, 0.29) is 0 Å². The topological polar surface area (TPSA) is 26.3 Å². The highest BCUT2D eigenvalue weighted by atomic mass is 16.4. The average molecular weight is 495 g/mol. The third-order valence-electron chi connectivity index (χ3n) is 7.07. The van der Waals surface area contributed by atoms with Crippen molar-refractivity contribution in [3.8, 4) is 56.4 Å². The van der Waals surface area contributed by atoms with Gasteiger partial charge in [-0.15, -0.1) is 0 Å². The Balaban J connectivity index is 1.59. The van der Waals surface area contributed by atoms with Crippen molar-refractivity contribution in [1.82, 2.24) is 0 Å². The molecule has 6 rings (SSSR count). The lowest BCUT2D eigenvalue weighted by molar-refractivity contribution is 0.540. The zero-order valence-corrected chi connectivity index (χ0v) is 22.2. The van der Waals surface area contributed by atoms with Crippen molar-refractivity contribution in [1.29, 1.82) is 0 Å². The van der Waals surface area contributed by atoms with Gasteiger partial charge >= 0.3 is 0 Å². The summed E-state index contributed by atoms with van der Waals surface area (Å²) in [6.07, 6.45) is 0. The van der Waals surface area contributed by atoms with Crippen molar-refractivity contribution < 1.29 is 8.83 Å². The van der Waals surface area contributed by atoms with E-state index in [4.69, 9.17) is 8.83 Å². The summed E-state index contributed by atoms with van der Waals surface area (Å²) in [5.74, 6) is 3.11. The maximum Gasteiger partial charge on any atom is 0.178 e. The van der Waals surface area contributed by atoms with Crippen LogP contribution >= 0.6 is 0 Å². The molecule has 2 aromatic heterocycles. The fourth-order valence-electron chi connectivity index (χ4n) is 4.73. The minimum atomic E-state index is 0.735. The lowest BCUT2D eigenvalue weighted by Crippen LogP contribution is -1.83. The zero-order chi connectivity index (χ0) is 26.2. The highest BCUT2D eigenvalue weighted by Gasteiger charge is 2.24. The Morgan fingerprint density at radius 1 is 0.342 bits per heavy atom. The standard InChI is InChI=1S/C36H30O2/c1-23-5-13-27(14-6-23)31-21-33(29-17-9-25(3)10-18-29)37-35(31)36-32(28-15-7-24(2)8-16-28)22-34(38-36)30-19-11-26(4)12-20-30/h5-22H,1-4H3. The number of benzene rings is 4. The van der Waals surface area contributed by atoms with E-state index < -0.39 is 0 Å². The van der Waals surface area contributed by atoms with Crippen LogP contribution in [0.4, 0.5) is 0 Å². The van der Waals surface area contributed by atoms with Gasteiger partial charge in [0.05, 0.1) is 0 Å². The molecule has 0 N–H and O–H groups in total. The second-order valence-corrected chi connectivity index (χ2v) is 10.2. The number of rotatable bonds is 5. The summed E-state index contributed by atoms with van der Waals surface area (Å²) in [6.45, 7) is 8.40. The molecule has 6 aromatic rings. The molecule has 0 bridgehead atoms. The first kappa shape index (κ1) is 23.8. The van der Waals surface area contributed by atoms with Crippen LogP contribution in [-0.2, 0) is 0 Å². The Hall–Kier alpha value is -4.56. The molecule has 0 fully saturated rings. The summed E-state index contributed by atoms with van der Waals surface area (Å²) in [5.41, 5.74) is 11.2. The van der Waals surface area contributed by atoms with Crippen LogP contribution in [0, 0.1) is 27.7 Å². The zero-order valence-electron chi connectivity index (χ0n) is 22.2. The van der Waals surface area contributed by atoms with Crippen LogP contribution in [0.5, 0.6) is 0 Å². The molecule has 0 saturated heterocycles.